The van der Waals surface area contributed by atoms with Crippen molar-refractivity contribution in [3.05, 3.63) is 0 Å². The van der Waals surface area contributed by atoms with Crippen LogP contribution in [-0.4, -0.2) is 29.6 Å². The van der Waals surface area contributed by atoms with Crippen LogP contribution < -0.4 is 5.73 Å². The zero-order chi connectivity index (χ0) is 7.90. The van der Waals surface area contributed by atoms with Gasteiger partial charge in [-0.2, -0.15) is 0 Å². The molecule has 11 heavy (non-hydrogen) atoms. The third kappa shape index (κ3) is 1.09. The van der Waals surface area contributed by atoms with Crippen LogP contribution in [0.1, 0.15) is 32.6 Å². The Balaban J connectivity index is 1.86. The molecule has 2 rings (SSSR count). The quantitative estimate of drug-likeness (QED) is 0.642. The Kier molecular flexibility index (Phi) is 1.69. The van der Waals surface area contributed by atoms with E-state index in [1.807, 2.05) is 0 Å². The highest BCUT2D eigenvalue weighted by molar-refractivity contribution is 5.05. The smallest absolute Gasteiger partial charge is 0.0222 e. The third-order valence-electron chi connectivity index (χ3n) is 3.31. The molecule has 1 saturated heterocycles. The van der Waals surface area contributed by atoms with Crippen LogP contribution in [-0.2, 0) is 0 Å². The molecule has 1 saturated carbocycles. The summed E-state index contributed by atoms with van der Waals surface area (Å²) in [6.07, 6.45) is 5.73. The van der Waals surface area contributed by atoms with E-state index in [0.717, 1.165) is 6.54 Å². The molecule has 0 radical (unpaired) electrons. The van der Waals surface area contributed by atoms with Gasteiger partial charge in [-0.3, -0.25) is 4.90 Å². The molecule has 1 aliphatic carbocycles. The number of hydrogen-bond donors (Lipinski definition) is 1. The fraction of sp³-hybridized carbons (Fsp3) is 1.00. The fourth-order valence-electron chi connectivity index (χ4n) is 2.37. The summed E-state index contributed by atoms with van der Waals surface area (Å²) in [5, 5.41) is 0. The molecule has 2 fully saturated rings. The number of hydrogen-bond acceptors (Lipinski definition) is 2. The number of rotatable bonds is 2. The number of nitrogens with two attached hydrogens (primary N) is 1. The van der Waals surface area contributed by atoms with Gasteiger partial charge in [-0.15, -0.1) is 0 Å². The first kappa shape index (κ1) is 7.56. The summed E-state index contributed by atoms with van der Waals surface area (Å²) >= 11 is 0. The Bertz CT molecular complexity index is 144. The van der Waals surface area contributed by atoms with Gasteiger partial charge in [0, 0.05) is 24.7 Å². The lowest BCUT2D eigenvalue weighted by Gasteiger charge is -2.59. The van der Waals surface area contributed by atoms with Gasteiger partial charge in [0.05, 0.1) is 0 Å². The SMILES string of the molecule is CC(N)CN1CCC12CCC2. The van der Waals surface area contributed by atoms with E-state index in [4.69, 9.17) is 5.73 Å². The van der Waals surface area contributed by atoms with Gasteiger partial charge in [-0.05, 0) is 32.6 Å². The lowest BCUT2D eigenvalue weighted by atomic mass is 9.68. The van der Waals surface area contributed by atoms with Crippen molar-refractivity contribution in [3.8, 4) is 0 Å². The largest absolute Gasteiger partial charge is 0.327 e. The number of nitrogens with zero attached hydrogens (tertiary/aromatic N) is 1. The van der Waals surface area contributed by atoms with Gasteiger partial charge in [0.25, 0.3) is 0 Å². The van der Waals surface area contributed by atoms with Crippen molar-refractivity contribution in [1.29, 1.82) is 0 Å². The molecular weight excluding hydrogens is 136 g/mol. The zero-order valence-electron chi connectivity index (χ0n) is 7.34. The lowest BCUT2D eigenvalue weighted by molar-refractivity contribution is -0.0744. The predicted molar refractivity (Wildman–Crippen MR) is 46.4 cm³/mol. The molecule has 1 aliphatic heterocycles. The molecule has 2 N–H and O–H groups in total. The highest BCUT2D eigenvalue weighted by atomic mass is 15.3. The van der Waals surface area contributed by atoms with Gasteiger partial charge in [0.1, 0.15) is 0 Å². The third-order valence-corrected chi connectivity index (χ3v) is 3.31. The normalized spacial score (nSPS) is 31.1. The molecule has 1 heterocycles. The maximum absolute atomic E-state index is 5.76. The van der Waals surface area contributed by atoms with Crippen LogP contribution in [0.4, 0.5) is 0 Å². The van der Waals surface area contributed by atoms with Gasteiger partial charge in [-0.1, -0.05) is 0 Å². The van der Waals surface area contributed by atoms with E-state index in [0.29, 0.717) is 11.6 Å². The van der Waals surface area contributed by atoms with Crippen LogP contribution in [0.15, 0.2) is 0 Å². The molecule has 0 aromatic rings. The molecular formula is C9H18N2. The Hall–Kier alpha value is -0.0800. The van der Waals surface area contributed by atoms with E-state index >= 15 is 0 Å². The second-order valence-electron chi connectivity index (χ2n) is 4.25. The summed E-state index contributed by atoms with van der Waals surface area (Å²) in [6, 6.07) is 0.354. The van der Waals surface area contributed by atoms with Crippen molar-refractivity contribution in [2.45, 2.75) is 44.2 Å². The average Bonchev–Trinajstić information content (AvgIpc) is 1.76. The molecule has 0 amide bonds. The summed E-state index contributed by atoms with van der Waals surface area (Å²) in [6.45, 7) is 4.51. The molecule has 64 valence electrons. The van der Waals surface area contributed by atoms with Crippen LogP contribution in [0.25, 0.3) is 0 Å². The Morgan fingerprint density at radius 2 is 2.18 bits per heavy atom. The van der Waals surface area contributed by atoms with Gasteiger partial charge in [0.2, 0.25) is 0 Å². The minimum Gasteiger partial charge on any atom is -0.327 e. The van der Waals surface area contributed by atoms with Crippen LogP contribution >= 0.6 is 0 Å². The van der Waals surface area contributed by atoms with Crippen molar-refractivity contribution in [2.75, 3.05) is 13.1 Å². The zero-order valence-corrected chi connectivity index (χ0v) is 7.34. The second kappa shape index (κ2) is 2.46. The first-order valence-electron chi connectivity index (χ1n) is 4.74. The van der Waals surface area contributed by atoms with E-state index in [1.165, 1.54) is 32.2 Å². The Morgan fingerprint density at radius 3 is 2.45 bits per heavy atom. The predicted octanol–water partition coefficient (Wildman–Crippen LogP) is 0.962. The fourth-order valence-corrected chi connectivity index (χ4v) is 2.37. The lowest BCUT2D eigenvalue weighted by Crippen LogP contribution is -2.65. The van der Waals surface area contributed by atoms with Gasteiger partial charge in [-0.25, -0.2) is 0 Å². The number of likely N-dealkylation sites (tertiary alicyclic amines) is 1. The maximum atomic E-state index is 5.76. The van der Waals surface area contributed by atoms with Gasteiger partial charge in [0.15, 0.2) is 0 Å². The molecule has 0 bridgehead atoms. The molecule has 0 aromatic carbocycles. The molecule has 2 nitrogen and oxygen atoms in total. The minimum absolute atomic E-state index is 0.354. The highest BCUT2D eigenvalue weighted by Gasteiger charge is 2.48. The molecule has 2 aliphatic rings. The average molecular weight is 154 g/mol. The summed E-state index contributed by atoms with van der Waals surface area (Å²) in [7, 11) is 0. The Labute approximate surface area is 68.7 Å². The van der Waals surface area contributed by atoms with Crippen LogP contribution in [0.3, 0.4) is 0 Å². The van der Waals surface area contributed by atoms with E-state index in [-0.39, 0.29) is 0 Å². The standard InChI is InChI=1S/C9H18N2/c1-8(10)7-11-6-5-9(11)3-2-4-9/h8H,2-7,10H2,1H3. The van der Waals surface area contributed by atoms with Crippen molar-refractivity contribution in [3.63, 3.8) is 0 Å². The maximum Gasteiger partial charge on any atom is 0.0222 e. The van der Waals surface area contributed by atoms with Gasteiger partial charge >= 0.3 is 0 Å². The van der Waals surface area contributed by atoms with Crippen LogP contribution in [0.2, 0.25) is 0 Å². The highest BCUT2D eigenvalue weighted by Crippen LogP contribution is 2.46. The van der Waals surface area contributed by atoms with Crippen LogP contribution in [0, 0.1) is 0 Å². The summed E-state index contributed by atoms with van der Waals surface area (Å²) in [5.41, 5.74) is 6.41. The van der Waals surface area contributed by atoms with Crippen molar-refractivity contribution >= 4 is 0 Å². The summed E-state index contributed by atoms with van der Waals surface area (Å²) in [4.78, 5) is 2.58. The van der Waals surface area contributed by atoms with Crippen molar-refractivity contribution in [2.24, 2.45) is 5.73 Å². The molecule has 1 spiro atoms. The van der Waals surface area contributed by atoms with Crippen molar-refractivity contribution < 1.29 is 0 Å². The minimum atomic E-state index is 0.354. The van der Waals surface area contributed by atoms with Gasteiger partial charge < -0.3 is 5.73 Å². The summed E-state index contributed by atoms with van der Waals surface area (Å²) in [5.74, 6) is 0. The van der Waals surface area contributed by atoms with E-state index < -0.39 is 0 Å². The Morgan fingerprint density at radius 1 is 1.45 bits per heavy atom. The molecule has 1 atom stereocenters. The van der Waals surface area contributed by atoms with E-state index in [1.54, 1.807) is 0 Å². The van der Waals surface area contributed by atoms with Crippen LogP contribution in [0.5, 0.6) is 0 Å². The topological polar surface area (TPSA) is 29.3 Å². The summed E-state index contributed by atoms with van der Waals surface area (Å²) < 4.78 is 0. The first-order chi connectivity index (χ1) is 5.23. The molecule has 0 aromatic heterocycles. The second-order valence-corrected chi connectivity index (χ2v) is 4.25. The van der Waals surface area contributed by atoms with E-state index in [2.05, 4.69) is 11.8 Å². The van der Waals surface area contributed by atoms with Crippen molar-refractivity contribution in [1.82, 2.24) is 4.90 Å². The monoisotopic (exact) mass is 154 g/mol. The molecule has 2 heteroatoms. The van der Waals surface area contributed by atoms with E-state index in [9.17, 15) is 0 Å². The molecule has 1 unspecified atom stereocenters. The first-order valence-corrected chi connectivity index (χ1v) is 4.74.